The summed E-state index contributed by atoms with van der Waals surface area (Å²) in [6.07, 6.45) is 3.85. The van der Waals surface area contributed by atoms with Gasteiger partial charge in [0.05, 0.1) is 24.8 Å². The largest absolute Gasteiger partial charge is 0.494 e. The van der Waals surface area contributed by atoms with Crippen molar-refractivity contribution in [1.29, 1.82) is 0 Å². The number of aromatic amines is 1. The molecule has 3 atom stereocenters. The highest BCUT2D eigenvalue weighted by molar-refractivity contribution is 5.81. The summed E-state index contributed by atoms with van der Waals surface area (Å²) in [4.78, 5) is 18.4. The Hall–Kier alpha value is -1.81. The standard InChI is InChI=1S/C23H32N2O2/c1-6-27-17-7-8-20-18(9-17)21(26)19(15(2)24-20)12-25-14-23(5)11-16(25)10-22(3,4)13-23/h7-9,16H,6,10-14H2,1-5H3,(H,24,26)/p+1. The van der Waals surface area contributed by atoms with Crippen LogP contribution >= 0.6 is 0 Å². The van der Waals surface area contributed by atoms with Crippen LogP contribution in [0.25, 0.3) is 10.9 Å². The summed E-state index contributed by atoms with van der Waals surface area (Å²) in [6, 6.07) is 6.45. The fourth-order valence-electron chi connectivity index (χ4n) is 6.08. The third-order valence-corrected chi connectivity index (χ3v) is 6.67. The lowest BCUT2D eigenvalue weighted by Crippen LogP contribution is -3.12. The van der Waals surface area contributed by atoms with E-state index in [0.29, 0.717) is 23.5 Å². The van der Waals surface area contributed by atoms with E-state index in [9.17, 15) is 4.79 Å². The molecule has 1 aliphatic carbocycles. The van der Waals surface area contributed by atoms with Crippen LogP contribution in [0.3, 0.4) is 0 Å². The molecule has 2 bridgehead atoms. The van der Waals surface area contributed by atoms with Crippen molar-refractivity contribution < 1.29 is 9.64 Å². The molecule has 4 heteroatoms. The quantitative estimate of drug-likeness (QED) is 0.869. The lowest BCUT2D eigenvalue weighted by atomic mass is 9.65. The number of aromatic nitrogens is 1. The number of hydrogen-bond donors (Lipinski definition) is 2. The minimum Gasteiger partial charge on any atom is -0.494 e. The first kappa shape index (κ1) is 18.5. The monoisotopic (exact) mass is 369 g/mol. The highest BCUT2D eigenvalue weighted by Crippen LogP contribution is 2.47. The van der Waals surface area contributed by atoms with Crippen molar-refractivity contribution in [2.24, 2.45) is 10.8 Å². The van der Waals surface area contributed by atoms with Crippen LogP contribution in [-0.4, -0.2) is 24.2 Å². The van der Waals surface area contributed by atoms with E-state index in [2.05, 4.69) is 25.8 Å². The van der Waals surface area contributed by atoms with Gasteiger partial charge in [0.1, 0.15) is 12.3 Å². The maximum atomic E-state index is 13.3. The maximum Gasteiger partial charge on any atom is 0.198 e. The lowest BCUT2D eigenvalue weighted by molar-refractivity contribution is -0.928. The van der Waals surface area contributed by atoms with Gasteiger partial charge in [-0.1, -0.05) is 20.8 Å². The minimum atomic E-state index is 0.168. The first-order chi connectivity index (χ1) is 12.7. The summed E-state index contributed by atoms with van der Waals surface area (Å²) >= 11 is 0. The third-order valence-electron chi connectivity index (χ3n) is 6.67. The molecule has 2 heterocycles. The number of pyridine rings is 1. The third kappa shape index (κ3) is 3.40. The zero-order valence-electron chi connectivity index (χ0n) is 17.4. The van der Waals surface area contributed by atoms with Crippen LogP contribution in [0.15, 0.2) is 23.0 Å². The maximum absolute atomic E-state index is 13.3. The average Bonchev–Trinajstić information content (AvgIpc) is 2.80. The summed E-state index contributed by atoms with van der Waals surface area (Å²) in [6.45, 7) is 13.9. The molecule has 2 aromatic rings. The Labute approximate surface area is 161 Å². The Morgan fingerprint density at radius 3 is 2.78 bits per heavy atom. The van der Waals surface area contributed by atoms with E-state index in [1.165, 1.54) is 25.8 Å². The lowest BCUT2D eigenvalue weighted by Gasteiger charge is -2.37. The van der Waals surface area contributed by atoms with E-state index in [1.807, 2.05) is 32.0 Å². The average molecular weight is 370 g/mol. The second-order valence-electron chi connectivity index (χ2n) is 9.97. The molecule has 0 spiro atoms. The van der Waals surface area contributed by atoms with Gasteiger partial charge in [-0.25, -0.2) is 0 Å². The van der Waals surface area contributed by atoms with Crippen LogP contribution in [0.5, 0.6) is 5.75 Å². The first-order valence-corrected chi connectivity index (χ1v) is 10.3. The summed E-state index contributed by atoms with van der Waals surface area (Å²) in [5.74, 6) is 0.768. The Kier molecular flexibility index (Phi) is 4.38. The zero-order valence-corrected chi connectivity index (χ0v) is 17.4. The molecule has 4 nitrogen and oxygen atoms in total. The number of rotatable bonds is 4. The molecule has 4 rings (SSSR count). The minimum absolute atomic E-state index is 0.168. The normalized spacial score (nSPS) is 29.2. The van der Waals surface area contributed by atoms with Gasteiger partial charge in [0.15, 0.2) is 5.43 Å². The highest BCUT2D eigenvalue weighted by Gasteiger charge is 2.52. The Morgan fingerprint density at radius 2 is 2.04 bits per heavy atom. The van der Waals surface area contributed by atoms with Crippen LogP contribution in [0.1, 0.15) is 58.2 Å². The summed E-state index contributed by atoms with van der Waals surface area (Å²) < 4.78 is 5.61. The van der Waals surface area contributed by atoms with Gasteiger partial charge in [0.2, 0.25) is 0 Å². The molecule has 2 fully saturated rings. The van der Waals surface area contributed by atoms with Gasteiger partial charge in [0, 0.05) is 34.9 Å². The van der Waals surface area contributed by atoms with Crippen molar-refractivity contribution in [1.82, 2.24) is 4.98 Å². The number of quaternary nitrogens is 1. The van der Waals surface area contributed by atoms with Crippen molar-refractivity contribution in [3.63, 3.8) is 0 Å². The van der Waals surface area contributed by atoms with E-state index in [-0.39, 0.29) is 5.43 Å². The SMILES string of the molecule is CCOc1ccc2[nH]c(C)c(C[NH+]3CC4(C)CC3CC(C)(C)C4)c(=O)c2c1. The summed E-state index contributed by atoms with van der Waals surface area (Å²) in [5, 5.41) is 0.745. The van der Waals surface area contributed by atoms with E-state index < -0.39 is 0 Å². The molecule has 146 valence electrons. The fraction of sp³-hybridized carbons (Fsp3) is 0.609. The molecular formula is C23H33N2O2+. The number of benzene rings is 1. The van der Waals surface area contributed by atoms with Gasteiger partial charge in [-0.15, -0.1) is 0 Å². The van der Waals surface area contributed by atoms with Crippen molar-refractivity contribution in [2.45, 2.75) is 66.5 Å². The van der Waals surface area contributed by atoms with Gasteiger partial charge >= 0.3 is 0 Å². The van der Waals surface area contributed by atoms with Gasteiger partial charge in [-0.3, -0.25) is 4.79 Å². The molecular weight excluding hydrogens is 336 g/mol. The molecule has 1 aromatic carbocycles. The van der Waals surface area contributed by atoms with Crippen molar-refractivity contribution in [2.75, 3.05) is 13.2 Å². The van der Waals surface area contributed by atoms with Crippen LogP contribution in [-0.2, 0) is 6.54 Å². The van der Waals surface area contributed by atoms with Crippen LogP contribution in [0.2, 0.25) is 0 Å². The second-order valence-corrected chi connectivity index (χ2v) is 9.97. The number of nitrogens with one attached hydrogen (secondary N) is 2. The number of aryl methyl sites for hydroxylation is 1. The predicted molar refractivity (Wildman–Crippen MR) is 110 cm³/mol. The predicted octanol–water partition coefficient (Wildman–Crippen LogP) is 3.22. The molecule has 3 unspecified atom stereocenters. The van der Waals surface area contributed by atoms with E-state index in [1.54, 1.807) is 4.90 Å². The van der Waals surface area contributed by atoms with E-state index in [4.69, 9.17) is 4.74 Å². The molecule has 0 amide bonds. The first-order valence-electron chi connectivity index (χ1n) is 10.3. The van der Waals surface area contributed by atoms with Crippen LogP contribution < -0.4 is 15.1 Å². The molecule has 1 aliphatic heterocycles. The van der Waals surface area contributed by atoms with Gasteiger partial charge in [-0.2, -0.15) is 0 Å². The van der Waals surface area contributed by atoms with Crippen molar-refractivity contribution >= 4 is 10.9 Å². The fourth-order valence-corrected chi connectivity index (χ4v) is 6.08. The van der Waals surface area contributed by atoms with Gasteiger partial charge < -0.3 is 14.6 Å². The number of ether oxygens (including phenoxy) is 1. The van der Waals surface area contributed by atoms with Crippen LogP contribution in [0.4, 0.5) is 0 Å². The molecule has 27 heavy (non-hydrogen) atoms. The Bertz CT molecular complexity index is 930. The molecule has 0 radical (unpaired) electrons. The molecule has 1 saturated carbocycles. The Morgan fingerprint density at radius 1 is 1.26 bits per heavy atom. The van der Waals surface area contributed by atoms with Crippen molar-refractivity contribution in [3.05, 3.63) is 39.7 Å². The summed E-state index contributed by atoms with van der Waals surface area (Å²) in [7, 11) is 0. The Balaban J connectivity index is 1.69. The topological polar surface area (TPSA) is 46.5 Å². The highest BCUT2D eigenvalue weighted by atomic mass is 16.5. The van der Waals surface area contributed by atoms with Gasteiger partial charge in [0.25, 0.3) is 0 Å². The zero-order chi connectivity index (χ0) is 19.4. The molecule has 1 aromatic heterocycles. The van der Waals surface area contributed by atoms with E-state index >= 15 is 0 Å². The molecule has 2 aliphatic rings. The van der Waals surface area contributed by atoms with Crippen molar-refractivity contribution in [3.8, 4) is 5.75 Å². The number of fused-ring (bicyclic) bond motifs is 3. The van der Waals surface area contributed by atoms with E-state index in [0.717, 1.165) is 34.5 Å². The second kappa shape index (κ2) is 6.37. The number of likely N-dealkylation sites (tertiary alicyclic amines) is 1. The number of H-pyrrole nitrogens is 1. The number of hydrogen-bond acceptors (Lipinski definition) is 2. The van der Waals surface area contributed by atoms with Crippen LogP contribution in [0, 0.1) is 17.8 Å². The molecule has 1 saturated heterocycles. The van der Waals surface area contributed by atoms with Gasteiger partial charge in [-0.05, 0) is 43.9 Å². The molecule has 2 N–H and O–H groups in total. The smallest absolute Gasteiger partial charge is 0.198 e. The summed E-state index contributed by atoms with van der Waals surface area (Å²) in [5.41, 5.74) is 3.85.